The minimum Gasteiger partial charge on any atom is -0.492 e. The first-order chi connectivity index (χ1) is 9.84. The number of rotatable bonds is 1. The maximum absolute atomic E-state index is 9.98. The molecule has 0 bridgehead atoms. The van der Waals surface area contributed by atoms with Crippen molar-refractivity contribution in [1.82, 2.24) is 15.0 Å². The van der Waals surface area contributed by atoms with Crippen molar-refractivity contribution in [1.29, 1.82) is 0 Å². The van der Waals surface area contributed by atoms with Crippen LogP contribution in [0.2, 0.25) is 5.02 Å². The fourth-order valence-electron chi connectivity index (χ4n) is 2.05. The van der Waals surface area contributed by atoms with Gasteiger partial charge in [0, 0.05) is 29.0 Å². The van der Waals surface area contributed by atoms with E-state index in [1.54, 1.807) is 24.6 Å². The molecule has 0 saturated heterocycles. The maximum Gasteiger partial charge on any atom is 0.237 e. The second kappa shape index (κ2) is 4.70. The summed E-state index contributed by atoms with van der Waals surface area (Å²) in [7, 11) is 0. The maximum atomic E-state index is 9.98. The number of allylic oxidation sites excluding steroid dienone is 1. The van der Waals surface area contributed by atoms with E-state index in [4.69, 9.17) is 11.6 Å². The molecule has 108 valence electrons. The topological polar surface area (TPSA) is 74.2 Å². The second-order valence-electron chi connectivity index (χ2n) is 5.96. The monoisotopic (exact) mass is 302 g/mol. The van der Waals surface area contributed by atoms with Gasteiger partial charge in [-0.15, -0.1) is 0 Å². The molecule has 2 N–H and O–H groups in total. The van der Waals surface area contributed by atoms with Gasteiger partial charge < -0.3 is 10.1 Å². The highest BCUT2D eigenvalue weighted by Crippen LogP contribution is 2.34. The van der Waals surface area contributed by atoms with Gasteiger partial charge >= 0.3 is 0 Å². The van der Waals surface area contributed by atoms with Crippen LogP contribution in [-0.2, 0) is 5.41 Å². The molecule has 0 amide bonds. The molecule has 6 heteroatoms. The largest absolute Gasteiger partial charge is 0.492 e. The SMILES string of the molecule is CC(C)(C)c1nc(O)c(/C=C2/C=Nc3ncc(Cl)cc32)[nH]1. The van der Waals surface area contributed by atoms with Crippen molar-refractivity contribution in [3.8, 4) is 5.88 Å². The first-order valence-electron chi connectivity index (χ1n) is 6.56. The summed E-state index contributed by atoms with van der Waals surface area (Å²) in [5.41, 5.74) is 2.06. The summed E-state index contributed by atoms with van der Waals surface area (Å²) in [6, 6.07) is 1.81. The summed E-state index contributed by atoms with van der Waals surface area (Å²) < 4.78 is 0. The lowest BCUT2D eigenvalue weighted by atomic mass is 9.96. The van der Waals surface area contributed by atoms with Crippen molar-refractivity contribution in [2.75, 3.05) is 0 Å². The Kier molecular flexibility index (Phi) is 3.10. The van der Waals surface area contributed by atoms with Gasteiger partial charge in [0.15, 0.2) is 5.82 Å². The Balaban J connectivity index is 2.04. The molecule has 0 aliphatic carbocycles. The van der Waals surface area contributed by atoms with Crippen LogP contribution in [0.15, 0.2) is 17.3 Å². The number of nitrogens with one attached hydrogen (secondary N) is 1. The van der Waals surface area contributed by atoms with Crippen molar-refractivity contribution in [3.63, 3.8) is 0 Å². The van der Waals surface area contributed by atoms with Crippen LogP contribution in [0.5, 0.6) is 5.88 Å². The number of aliphatic imine (C=N–C) groups is 1. The number of hydrogen-bond donors (Lipinski definition) is 2. The van der Waals surface area contributed by atoms with Crippen molar-refractivity contribution >= 4 is 35.3 Å². The van der Waals surface area contributed by atoms with Gasteiger partial charge in [-0.1, -0.05) is 32.4 Å². The quantitative estimate of drug-likeness (QED) is 0.843. The number of H-pyrrole nitrogens is 1. The van der Waals surface area contributed by atoms with Gasteiger partial charge in [-0.25, -0.2) is 9.98 Å². The Morgan fingerprint density at radius 1 is 1.33 bits per heavy atom. The minimum atomic E-state index is -0.166. The molecular formula is C15H15ClN4O. The van der Waals surface area contributed by atoms with Crippen molar-refractivity contribution in [3.05, 3.63) is 34.4 Å². The Bertz CT molecular complexity index is 768. The van der Waals surface area contributed by atoms with Gasteiger partial charge in [0.2, 0.25) is 5.88 Å². The second-order valence-corrected chi connectivity index (χ2v) is 6.39. The third-order valence-electron chi connectivity index (χ3n) is 3.19. The van der Waals surface area contributed by atoms with Crippen LogP contribution in [0.3, 0.4) is 0 Å². The molecular weight excluding hydrogens is 288 g/mol. The van der Waals surface area contributed by atoms with E-state index in [0.29, 0.717) is 16.5 Å². The Hall–Kier alpha value is -2.14. The summed E-state index contributed by atoms with van der Waals surface area (Å²) in [5, 5.41) is 10.5. The van der Waals surface area contributed by atoms with Crippen molar-refractivity contribution in [2.24, 2.45) is 4.99 Å². The minimum absolute atomic E-state index is 0.0238. The van der Waals surface area contributed by atoms with Gasteiger partial charge in [0.05, 0.1) is 5.02 Å². The molecule has 5 nitrogen and oxygen atoms in total. The van der Waals surface area contributed by atoms with E-state index in [-0.39, 0.29) is 11.3 Å². The summed E-state index contributed by atoms with van der Waals surface area (Å²) in [6.45, 7) is 6.08. The van der Waals surface area contributed by atoms with Crippen LogP contribution >= 0.6 is 11.6 Å². The zero-order valence-corrected chi connectivity index (χ0v) is 12.7. The molecule has 0 fully saturated rings. The summed E-state index contributed by atoms with van der Waals surface area (Å²) >= 11 is 5.97. The molecule has 3 rings (SSSR count). The molecule has 0 saturated carbocycles. The van der Waals surface area contributed by atoms with E-state index in [1.165, 1.54) is 0 Å². The van der Waals surface area contributed by atoms with Gasteiger partial charge in [-0.3, -0.25) is 0 Å². The number of aromatic nitrogens is 3. The third-order valence-corrected chi connectivity index (χ3v) is 3.40. The molecule has 0 aromatic carbocycles. The number of aromatic amines is 1. The molecule has 0 spiro atoms. The van der Waals surface area contributed by atoms with Crippen LogP contribution in [0.4, 0.5) is 5.82 Å². The molecule has 1 aliphatic heterocycles. The molecule has 2 aromatic rings. The molecule has 0 radical (unpaired) electrons. The highest BCUT2D eigenvalue weighted by molar-refractivity contribution is 6.31. The van der Waals surface area contributed by atoms with Gasteiger partial charge in [-0.05, 0) is 12.1 Å². The molecule has 1 aliphatic rings. The van der Waals surface area contributed by atoms with Gasteiger partial charge in [0.1, 0.15) is 11.5 Å². The van der Waals surface area contributed by atoms with Crippen LogP contribution in [0.1, 0.15) is 37.9 Å². The van der Waals surface area contributed by atoms with E-state index >= 15 is 0 Å². The fourth-order valence-corrected chi connectivity index (χ4v) is 2.21. The number of pyridine rings is 1. The normalized spacial score (nSPS) is 15.7. The Labute approximate surface area is 127 Å². The van der Waals surface area contributed by atoms with E-state index in [9.17, 15) is 5.11 Å². The first kappa shape index (κ1) is 13.8. The van der Waals surface area contributed by atoms with Crippen LogP contribution in [0.25, 0.3) is 11.6 Å². The number of fused-ring (bicyclic) bond motifs is 1. The predicted molar refractivity (Wildman–Crippen MR) is 84.2 cm³/mol. The van der Waals surface area contributed by atoms with E-state index < -0.39 is 0 Å². The average Bonchev–Trinajstić information content (AvgIpc) is 2.95. The zero-order chi connectivity index (χ0) is 15.2. The highest BCUT2D eigenvalue weighted by atomic mass is 35.5. The van der Waals surface area contributed by atoms with Gasteiger partial charge in [-0.2, -0.15) is 4.98 Å². The molecule has 3 heterocycles. The number of hydrogen-bond acceptors (Lipinski definition) is 4. The fraction of sp³-hybridized carbons (Fsp3) is 0.267. The van der Waals surface area contributed by atoms with E-state index in [1.807, 2.05) is 20.8 Å². The lowest BCUT2D eigenvalue weighted by molar-refractivity contribution is 0.449. The number of halogens is 1. The van der Waals surface area contributed by atoms with E-state index in [0.717, 1.165) is 17.0 Å². The Morgan fingerprint density at radius 2 is 2.10 bits per heavy atom. The molecule has 0 unspecified atom stereocenters. The van der Waals surface area contributed by atoms with Gasteiger partial charge in [0.25, 0.3) is 0 Å². The zero-order valence-electron chi connectivity index (χ0n) is 12.0. The first-order valence-corrected chi connectivity index (χ1v) is 6.93. The lowest BCUT2D eigenvalue weighted by Gasteiger charge is -2.13. The van der Waals surface area contributed by atoms with Crippen molar-refractivity contribution in [2.45, 2.75) is 26.2 Å². The molecule has 2 aromatic heterocycles. The summed E-state index contributed by atoms with van der Waals surface area (Å²) in [4.78, 5) is 15.7. The van der Waals surface area contributed by atoms with Crippen molar-refractivity contribution < 1.29 is 5.11 Å². The standard InChI is InChI=1S/C15H15ClN4O/c1-15(2,3)14-19-11(13(21)20-14)4-8-6-17-12-10(8)5-9(16)7-18-12/h4-7,21H,1-3H3,(H,19,20)/b8-4-. The number of nitrogens with zero attached hydrogens (tertiary/aromatic N) is 3. The number of aromatic hydroxyl groups is 1. The van der Waals surface area contributed by atoms with Crippen LogP contribution < -0.4 is 0 Å². The Morgan fingerprint density at radius 3 is 2.76 bits per heavy atom. The van der Waals surface area contributed by atoms with Crippen LogP contribution in [0, 0.1) is 0 Å². The average molecular weight is 303 g/mol. The highest BCUT2D eigenvalue weighted by Gasteiger charge is 2.21. The van der Waals surface area contributed by atoms with E-state index in [2.05, 4.69) is 19.9 Å². The molecule has 0 atom stereocenters. The smallest absolute Gasteiger partial charge is 0.237 e. The van der Waals surface area contributed by atoms with Crippen LogP contribution in [-0.4, -0.2) is 26.3 Å². The summed E-state index contributed by atoms with van der Waals surface area (Å²) in [5.74, 6) is 1.33. The summed E-state index contributed by atoms with van der Waals surface area (Å²) in [6.07, 6.45) is 5.06. The molecule has 21 heavy (non-hydrogen) atoms. The third kappa shape index (κ3) is 2.56. The number of imidazole rings is 1. The predicted octanol–water partition coefficient (Wildman–Crippen LogP) is 3.72. The lowest BCUT2D eigenvalue weighted by Crippen LogP contribution is -2.13.